The van der Waals surface area contributed by atoms with Crippen molar-refractivity contribution < 1.29 is 24.2 Å². The highest BCUT2D eigenvalue weighted by Gasteiger charge is 2.28. The highest BCUT2D eigenvalue weighted by atomic mass is 16.5. The predicted octanol–water partition coefficient (Wildman–Crippen LogP) is 0.0654. The van der Waals surface area contributed by atoms with Crippen molar-refractivity contribution in [3.8, 4) is 0 Å². The number of carbonyl (C=O) groups is 3. The Morgan fingerprint density at radius 3 is 2.33 bits per heavy atom. The first-order valence-electron chi connectivity index (χ1n) is 6.91. The third kappa shape index (κ3) is 7.50. The zero-order valence-corrected chi connectivity index (χ0v) is 12.7. The third-order valence-corrected chi connectivity index (χ3v) is 3.25. The van der Waals surface area contributed by atoms with E-state index in [1.54, 1.807) is 6.92 Å². The Labute approximate surface area is 124 Å². The van der Waals surface area contributed by atoms with Crippen molar-refractivity contribution in [2.75, 3.05) is 13.7 Å². The Kier molecular flexibility index (Phi) is 9.11. The molecule has 0 aromatic carbocycles. The van der Waals surface area contributed by atoms with Gasteiger partial charge in [0.25, 0.3) is 0 Å². The van der Waals surface area contributed by atoms with E-state index in [1.807, 2.05) is 6.92 Å². The molecule has 0 fully saturated rings. The summed E-state index contributed by atoms with van der Waals surface area (Å²) in [7, 11) is 1.52. The Bertz CT molecular complexity index is 362. The van der Waals surface area contributed by atoms with Gasteiger partial charge >= 0.3 is 12.0 Å². The normalized spacial score (nSPS) is 14.8. The molecule has 0 saturated carbocycles. The summed E-state index contributed by atoms with van der Waals surface area (Å²) in [5, 5.41) is 13.9. The van der Waals surface area contributed by atoms with E-state index in [2.05, 4.69) is 10.6 Å². The van der Waals surface area contributed by atoms with Gasteiger partial charge in [-0.05, 0) is 18.8 Å². The Hall–Kier alpha value is -1.83. The van der Waals surface area contributed by atoms with Gasteiger partial charge in [-0.2, -0.15) is 0 Å². The van der Waals surface area contributed by atoms with Crippen molar-refractivity contribution in [1.82, 2.24) is 10.6 Å². The summed E-state index contributed by atoms with van der Waals surface area (Å²) in [5.74, 6) is -1.83. The second-order valence-corrected chi connectivity index (χ2v) is 4.91. The summed E-state index contributed by atoms with van der Waals surface area (Å²) in [4.78, 5) is 34.3. The number of methoxy groups -OCH3 is 1. The lowest BCUT2D eigenvalue weighted by Crippen LogP contribution is -2.55. The van der Waals surface area contributed by atoms with Crippen LogP contribution >= 0.6 is 0 Å². The minimum atomic E-state index is -1.12. The summed E-state index contributed by atoms with van der Waals surface area (Å²) in [5.41, 5.74) is 5.05. The summed E-state index contributed by atoms with van der Waals surface area (Å²) >= 11 is 0. The van der Waals surface area contributed by atoms with Gasteiger partial charge in [-0.3, -0.25) is 4.79 Å². The van der Waals surface area contributed by atoms with E-state index in [0.717, 1.165) is 0 Å². The number of amides is 3. The molecule has 0 aromatic heterocycles. The number of rotatable bonds is 10. The number of carboxylic acids is 1. The Morgan fingerprint density at radius 2 is 1.90 bits per heavy atom. The van der Waals surface area contributed by atoms with Crippen LogP contribution < -0.4 is 16.4 Å². The van der Waals surface area contributed by atoms with Gasteiger partial charge in [0.05, 0.1) is 0 Å². The first kappa shape index (κ1) is 19.2. The number of nitrogens with two attached hydrogens (primary N) is 1. The number of urea groups is 1. The fourth-order valence-corrected chi connectivity index (χ4v) is 1.81. The van der Waals surface area contributed by atoms with Gasteiger partial charge in [-0.1, -0.05) is 20.3 Å². The maximum absolute atomic E-state index is 12.2. The van der Waals surface area contributed by atoms with Crippen molar-refractivity contribution in [2.45, 2.75) is 45.2 Å². The molecule has 8 heteroatoms. The molecule has 0 heterocycles. The number of carbonyl (C=O) groups excluding carboxylic acids is 2. The van der Waals surface area contributed by atoms with Crippen LogP contribution in [0, 0.1) is 5.92 Å². The van der Waals surface area contributed by atoms with Crippen molar-refractivity contribution in [3.63, 3.8) is 0 Å². The molecular weight excluding hydrogens is 278 g/mol. The topological polar surface area (TPSA) is 131 Å². The average molecular weight is 303 g/mol. The molecule has 3 unspecified atom stereocenters. The quantitative estimate of drug-likeness (QED) is 0.424. The van der Waals surface area contributed by atoms with Gasteiger partial charge in [-0.15, -0.1) is 0 Å². The van der Waals surface area contributed by atoms with Crippen LogP contribution in [0.5, 0.6) is 0 Å². The maximum atomic E-state index is 12.2. The lowest BCUT2D eigenvalue weighted by atomic mass is 9.98. The van der Waals surface area contributed by atoms with Crippen LogP contribution in [0.2, 0.25) is 0 Å². The van der Waals surface area contributed by atoms with Crippen LogP contribution in [0.1, 0.15) is 33.1 Å². The van der Waals surface area contributed by atoms with E-state index in [4.69, 9.17) is 15.6 Å². The Morgan fingerprint density at radius 1 is 1.29 bits per heavy atom. The molecule has 3 atom stereocenters. The van der Waals surface area contributed by atoms with Crippen molar-refractivity contribution in [2.24, 2.45) is 11.7 Å². The number of carboxylic acid groups (broad SMARTS) is 1. The van der Waals surface area contributed by atoms with Gasteiger partial charge in [0.1, 0.15) is 12.1 Å². The largest absolute Gasteiger partial charge is 0.480 e. The van der Waals surface area contributed by atoms with Crippen LogP contribution in [0.4, 0.5) is 4.79 Å². The van der Waals surface area contributed by atoms with E-state index in [1.165, 1.54) is 7.11 Å². The zero-order valence-electron chi connectivity index (χ0n) is 12.7. The highest BCUT2D eigenvalue weighted by Crippen LogP contribution is 2.09. The second-order valence-electron chi connectivity index (χ2n) is 4.91. The first-order chi connectivity index (χ1) is 9.83. The maximum Gasteiger partial charge on any atom is 0.326 e. The molecule has 0 aliphatic carbocycles. The van der Waals surface area contributed by atoms with E-state index in [-0.39, 0.29) is 12.3 Å². The lowest BCUT2D eigenvalue weighted by molar-refractivity contribution is -0.142. The minimum absolute atomic E-state index is 0.161. The zero-order chi connectivity index (χ0) is 16.4. The fraction of sp³-hybridized carbons (Fsp3) is 0.769. The van der Waals surface area contributed by atoms with E-state index >= 15 is 0 Å². The van der Waals surface area contributed by atoms with Gasteiger partial charge in [0, 0.05) is 13.7 Å². The average Bonchev–Trinajstić information content (AvgIpc) is 2.42. The molecule has 0 radical (unpaired) electrons. The van der Waals surface area contributed by atoms with Gasteiger partial charge in [0.15, 0.2) is 0 Å². The smallest absolute Gasteiger partial charge is 0.326 e. The number of hydrogen-bond donors (Lipinski definition) is 4. The van der Waals surface area contributed by atoms with E-state index in [9.17, 15) is 14.4 Å². The summed E-state index contributed by atoms with van der Waals surface area (Å²) in [6.07, 6.45) is 1.39. The third-order valence-electron chi connectivity index (χ3n) is 3.25. The van der Waals surface area contributed by atoms with Crippen LogP contribution in [0.15, 0.2) is 0 Å². The molecule has 0 aromatic rings. The lowest BCUT2D eigenvalue weighted by Gasteiger charge is -2.24. The molecule has 122 valence electrons. The summed E-state index contributed by atoms with van der Waals surface area (Å²) in [6.45, 7) is 4.05. The monoisotopic (exact) mass is 303 g/mol. The number of nitrogens with one attached hydrogen (secondary N) is 2. The SMILES string of the molecule is CCC(C)C(NC(N)=O)C(=O)NC(CCCOC)C(=O)O. The number of aliphatic carboxylic acids is 1. The number of primary amides is 1. The van der Waals surface area contributed by atoms with Crippen LogP contribution in [0.25, 0.3) is 0 Å². The Balaban J connectivity index is 4.73. The van der Waals surface area contributed by atoms with Crippen molar-refractivity contribution in [3.05, 3.63) is 0 Å². The summed E-state index contributed by atoms with van der Waals surface area (Å²) < 4.78 is 4.85. The van der Waals surface area contributed by atoms with Gasteiger partial charge < -0.3 is 26.2 Å². The van der Waals surface area contributed by atoms with Crippen molar-refractivity contribution in [1.29, 1.82) is 0 Å². The molecule has 0 spiro atoms. The van der Waals surface area contributed by atoms with Crippen LogP contribution in [0.3, 0.4) is 0 Å². The van der Waals surface area contributed by atoms with Crippen molar-refractivity contribution >= 4 is 17.9 Å². The molecule has 0 saturated heterocycles. The number of hydrogen-bond acceptors (Lipinski definition) is 4. The molecule has 21 heavy (non-hydrogen) atoms. The van der Waals surface area contributed by atoms with Gasteiger partial charge in [-0.25, -0.2) is 9.59 Å². The number of ether oxygens (including phenoxy) is 1. The standard InChI is InChI=1S/C13H25N3O5/c1-4-8(2)10(16-13(14)20)11(17)15-9(12(18)19)6-5-7-21-3/h8-10H,4-7H2,1-3H3,(H,15,17)(H,18,19)(H3,14,16,20). The minimum Gasteiger partial charge on any atom is -0.480 e. The first-order valence-corrected chi connectivity index (χ1v) is 6.91. The molecule has 0 rings (SSSR count). The van der Waals surface area contributed by atoms with Gasteiger partial charge in [0.2, 0.25) is 5.91 Å². The fourth-order valence-electron chi connectivity index (χ4n) is 1.81. The second kappa shape index (κ2) is 9.98. The predicted molar refractivity (Wildman–Crippen MR) is 76.6 cm³/mol. The molecule has 0 aliphatic heterocycles. The van der Waals surface area contributed by atoms with Crippen LogP contribution in [-0.2, 0) is 14.3 Å². The van der Waals surface area contributed by atoms with E-state index < -0.39 is 30.0 Å². The van der Waals surface area contributed by atoms with Crippen LogP contribution in [-0.4, -0.2) is 48.8 Å². The molecule has 0 bridgehead atoms. The molecule has 0 aliphatic rings. The highest BCUT2D eigenvalue weighted by molar-refractivity contribution is 5.89. The van der Waals surface area contributed by atoms with E-state index in [0.29, 0.717) is 19.4 Å². The molecular formula is C13H25N3O5. The summed E-state index contributed by atoms with van der Waals surface area (Å²) in [6, 6.07) is -2.69. The molecule has 3 amide bonds. The molecule has 8 nitrogen and oxygen atoms in total. The molecule has 5 N–H and O–H groups in total.